The van der Waals surface area contributed by atoms with Gasteiger partial charge in [0.05, 0.1) is 23.3 Å². The smallest absolute Gasteiger partial charge is 0.338 e. The van der Waals surface area contributed by atoms with Crippen molar-refractivity contribution in [3.63, 3.8) is 0 Å². The monoisotopic (exact) mass is 442 g/mol. The van der Waals surface area contributed by atoms with Crippen molar-refractivity contribution >= 4 is 27.6 Å². The molecule has 31 heavy (non-hydrogen) atoms. The molecule has 1 heterocycles. The molecule has 0 aliphatic heterocycles. The van der Waals surface area contributed by atoms with E-state index in [4.69, 9.17) is 9.15 Å². The number of hydrogen-bond acceptors (Lipinski definition) is 6. The third kappa shape index (κ3) is 5.80. The van der Waals surface area contributed by atoms with Gasteiger partial charge in [-0.05, 0) is 61.9 Å². The van der Waals surface area contributed by atoms with Gasteiger partial charge in [-0.2, -0.15) is 0 Å². The highest BCUT2D eigenvalue weighted by Gasteiger charge is 2.21. The number of amides is 1. The van der Waals surface area contributed by atoms with E-state index in [1.54, 1.807) is 24.3 Å². The molecule has 1 atom stereocenters. The van der Waals surface area contributed by atoms with Gasteiger partial charge in [0.25, 0.3) is 5.91 Å². The Bertz CT molecular complexity index is 1150. The Balaban J connectivity index is 1.59. The molecule has 0 unspecified atom stereocenters. The Hall–Kier alpha value is -3.43. The molecule has 9 heteroatoms. The van der Waals surface area contributed by atoms with Gasteiger partial charge in [0, 0.05) is 5.69 Å². The molecule has 2 aromatic carbocycles. The van der Waals surface area contributed by atoms with Gasteiger partial charge < -0.3 is 14.5 Å². The molecular weight excluding hydrogens is 420 g/mol. The third-order valence-electron chi connectivity index (χ3n) is 4.47. The predicted molar refractivity (Wildman–Crippen MR) is 114 cm³/mol. The SMILES string of the molecule is Cc1ccccc1NC(=O)[C@@H](C)OC(=O)c1ccc(S(=O)(=O)NCc2ccco2)cc1. The Morgan fingerprint density at radius 3 is 2.39 bits per heavy atom. The summed E-state index contributed by atoms with van der Waals surface area (Å²) < 4.78 is 37.4. The van der Waals surface area contributed by atoms with E-state index < -0.39 is 28.0 Å². The first-order valence-electron chi connectivity index (χ1n) is 9.46. The largest absolute Gasteiger partial charge is 0.468 e. The van der Waals surface area contributed by atoms with E-state index in [0.29, 0.717) is 11.4 Å². The van der Waals surface area contributed by atoms with E-state index in [2.05, 4.69) is 10.0 Å². The number of hydrogen-bond donors (Lipinski definition) is 2. The topological polar surface area (TPSA) is 115 Å². The number of benzene rings is 2. The van der Waals surface area contributed by atoms with Gasteiger partial charge in [-0.1, -0.05) is 18.2 Å². The molecular formula is C22H22N2O6S. The summed E-state index contributed by atoms with van der Waals surface area (Å²) in [6.45, 7) is 3.32. The molecule has 0 saturated heterocycles. The van der Waals surface area contributed by atoms with Crippen LogP contribution in [-0.4, -0.2) is 26.4 Å². The molecule has 3 rings (SSSR count). The van der Waals surface area contributed by atoms with Crippen molar-refractivity contribution in [3.05, 3.63) is 83.8 Å². The van der Waals surface area contributed by atoms with Gasteiger partial charge in [-0.15, -0.1) is 0 Å². The average Bonchev–Trinajstić information content (AvgIpc) is 3.28. The summed E-state index contributed by atoms with van der Waals surface area (Å²) in [4.78, 5) is 24.6. The zero-order valence-electron chi connectivity index (χ0n) is 17.0. The Morgan fingerprint density at radius 2 is 1.74 bits per heavy atom. The number of ether oxygens (including phenoxy) is 1. The number of carbonyl (C=O) groups excluding carboxylic acids is 2. The highest BCUT2D eigenvalue weighted by Crippen LogP contribution is 2.15. The second kappa shape index (κ2) is 9.59. The van der Waals surface area contributed by atoms with Crippen LogP contribution in [0, 0.1) is 6.92 Å². The molecule has 1 aromatic heterocycles. The van der Waals surface area contributed by atoms with Crippen LogP contribution in [0.15, 0.2) is 76.2 Å². The molecule has 0 radical (unpaired) electrons. The van der Waals surface area contributed by atoms with E-state index in [1.807, 2.05) is 19.1 Å². The minimum atomic E-state index is -3.78. The van der Waals surface area contributed by atoms with Crippen molar-refractivity contribution in [1.29, 1.82) is 0 Å². The average molecular weight is 442 g/mol. The molecule has 0 spiro atoms. The molecule has 0 fully saturated rings. The first-order chi connectivity index (χ1) is 14.8. The number of esters is 1. The number of rotatable bonds is 8. The number of carbonyl (C=O) groups is 2. The zero-order chi connectivity index (χ0) is 22.4. The number of para-hydroxylation sites is 1. The highest BCUT2D eigenvalue weighted by molar-refractivity contribution is 7.89. The number of aryl methyl sites for hydroxylation is 1. The molecule has 3 aromatic rings. The maximum Gasteiger partial charge on any atom is 0.338 e. The van der Waals surface area contributed by atoms with Gasteiger partial charge >= 0.3 is 5.97 Å². The molecule has 162 valence electrons. The number of anilines is 1. The van der Waals surface area contributed by atoms with Crippen LogP contribution in [0.25, 0.3) is 0 Å². The molecule has 0 aliphatic carbocycles. The fraction of sp³-hybridized carbons (Fsp3) is 0.182. The summed E-state index contributed by atoms with van der Waals surface area (Å²) in [5.74, 6) is -0.731. The number of nitrogens with one attached hydrogen (secondary N) is 2. The summed E-state index contributed by atoms with van der Waals surface area (Å²) in [5, 5.41) is 2.71. The van der Waals surface area contributed by atoms with Gasteiger partial charge in [0.15, 0.2) is 6.10 Å². The van der Waals surface area contributed by atoms with Crippen LogP contribution in [-0.2, 0) is 26.1 Å². The number of sulfonamides is 1. The Kier molecular flexibility index (Phi) is 6.88. The van der Waals surface area contributed by atoms with Crippen LogP contribution in [0.2, 0.25) is 0 Å². The maximum atomic E-state index is 12.4. The zero-order valence-corrected chi connectivity index (χ0v) is 17.8. The van der Waals surface area contributed by atoms with E-state index >= 15 is 0 Å². The quantitative estimate of drug-likeness (QED) is 0.518. The van der Waals surface area contributed by atoms with Crippen LogP contribution < -0.4 is 10.0 Å². The van der Waals surface area contributed by atoms with Gasteiger partial charge in [0.2, 0.25) is 10.0 Å². The van der Waals surface area contributed by atoms with Crippen LogP contribution in [0.5, 0.6) is 0 Å². The number of furan rings is 1. The van der Waals surface area contributed by atoms with Crippen molar-refractivity contribution in [2.45, 2.75) is 31.4 Å². The Labute approximate surface area is 180 Å². The van der Waals surface area contributed by atoms with Gasteiger partial charge in [-0.25, -0.2) is 17.9 Å². The first-order valence-corrected chi connectivity index (χ1v) is 10.9. The molecule has 1 amide bonds. The van der Waals surface area contributed by atoms with E-state index in [0.717, 1.165) is 5.56 Å². The van der Waals surface area contributed by atoms with E-state index in [9.17, 15) is 18.0 Å². The predicted octanol–water partition coefficient (Wildman–Crippen LogP) is 3.25. The Morgan fingerprint density at radius 1 is 1.03 bits per heavy atom. The second-order valence-electron chi connectivity index (χ2n) is 6.78. The summed E-state index contributed by atoms with van der Waals surface area (Å²) >= 11 is 0. The van der Waals surface area contributed by atoms with Crippen LogP contribution in [0.1, 0.15) is 28.6 Å². The van der Waals surface area contributed by atoms with Gasteiger partial charge in [-0.3, -0.25) is 4.79 Å². The van der Waals surface area contributed by atoms with Crippen LogP contribution >= 0.6 is 0 Å². The lowest BCUT2D eigenvalue weighted by molar-refractivity contribution is -0.123. The molecule has 0 bridgehead atoms. The molecule has 0 saturated carbocycles. The lowest BCUT2D eigenvalue weighted by Crippen LogP contribution is -2.30. The van der Waals surface area contributed by atoms with Crippen molar-refractivity contribution in [2.75, 3.05) is 5.32 Å². The fourth-order valence-electron chi connectivity index (χ4n) is 2.66. The highest BCUT2D eigenvalue weighted by atomic mass is 32.2. The summed E-state index contributed by atoms with van der Waals surface area (Å²) in [6.07, 6.45) is 0.414. The summed E-state index contributed by atoms with van der Waals surface area (Å²) in [6, 6.07) is 15.8. The van der Waals surface area contributed by atoms with E-state index in [1.165, 1.54) is 37.5 Å². The minimum Gasteiger partial charge on any atom is -0.468 e. The van der Waals surface area contributed by atoms with Crippen LogP contribution in [0.4, 0.5) is 5.69 Å². The fourth-order valence-corrected chi connectivity index (χ4v) is 3.66. The summed E-state index contributed by atoms with van der Waals surface area (Å²) in [7, 11) is -3.78. The third-order valence-corrected chi connectivity index (χ3v) is 5.89. The van der Waals surface area contributed by atoms with Crippen molar-refractivity contribution in [3.8, 4) is 0 Å². The van der Waals surface area contributed by atoms with Crippen LogP contribution in [0.3, 0.4) is 0 Å². The van der Waals surface area contributed by atoms with Crippen molar-refractivity contribution in [2.24, 2.45) is 0 Å². The first kappa shape index (κ1) is 22.3. The second-order valence-corrected chi connectivity index (χ2v) is 8.55. The standard InChI is InChI=1S/C22H22N2O6S/c1-15-6-3-4-8-20(15)24-21(25)16(2)30-22(26)17-9-11-19(12-10-17)31(27,28)23-14-18-7-5-13-29-18/h3-13,16,23H,14H2,1-2H3,(H,24,25)/t16-/m1/s1. The normalized spacial score (nSPS) is 12.2. The lowest BCUT2D eigenvalue weighted by Gasteiger charge is -2.15. The lowest BCUT2D eigenvalue weighted by atomic mass is 10.2. The molecule has 2 N–H and O–H groups in total. The maximum absolute atomic E-state index is 12.4. The van der Waals surface area contributed by atoms with E-state index in [-0.39, 0.29) is 17.0 Å². The minimum absolute atomic E-state index is 0.00659. The van der Waals surface area contributed by atoms with Crippen molar-refractivity contribution in [1.82, 2.24) is 4.72 Å². The van der Waals surface area contributed by atoms with Crippen molar-refractivity contribution < 1.29 is 27.2 Å². The molecule has 0 aliphatic rings. The summed E-state index contributed by atoms with van der Waals surface area (Å²) in [5.41, 5.74) is 1.64. The van der Waals surface area contributed by atoms with Gasteiger partial charge in [0.1, 0.15) is 5.76 Å². The molecule has 8 nitrogen and oxygen atoms in total.